The molecule has 0 unspecified atom stereocenters. The van der Waals surface area contributed by atoms with E-state index < -0.39 is 17.7 Å². The number of nitrogens with one attached hydrogen (secondary N) is 1. The first kappa shape index (κ1) is 28.3. The smallest absolute Gasteiger partial charge is 0.337 e. The number of carbonyl (C=O) groups excluding carboxylic acids is 4. The van der Waals surface area contributed by atoms with Crippen molar-refractivity contribution in [2.75, 3.05) is 20.8 Å². The summed E-state index contributed by atoms with van der Waals surface area (Å²) in [5.74, 6) is -2.11. The molecule has 4 rings (SSSR count). The number of ketones is 1. The largest absolute Gasteiger partial charge is 0.465 e. The number of hydrogen-bond donors (Lipinski definition) is 1. The van der Waals surface area contributed by atoms with E-state index in [0.29, 0.717) is 27.6 Å². The van der Waals surface area contributed by atoms with Crippen LogP contribution in [0.15, 0.2) is 36.5 Å². The van der Waals surface area contributed by atoms with Crippen LogP contribution in [0.25, 0.3) is 10.9 Å². The fourth-order valence-corrected chi connectivity index (χ4v) is 4.75. The summed E-state index contributed by atoms with van der Waals surface area (Å²) in [6.07, 6.45) is 3.13. The molecule has 0 spiro atoms. The van der Waals surface area contributed by atoms with Crippen molar-refractivity contribution in [1.29, 1.82) is 0 Å². The van der Waals surface area contributed by atoms with Crippen LogP contribution in [-0.4, -0.2) is 59.8 Å². The van der Waals surface area contributed by atoms with Gasteiger partial charge in [-0.2, -0.15) is 0 Å². The number of hydrogen-bond acceptors (Lipinski definition) is 6. The first-order chi connectivity index (χ1) is 18.6. The number of rotatable bonds is 11. The number of fused-ring (bicyclic) bond motifs is 1. The van der Waals surface area contributed by atoms with Crippen molar-refractivity contribution >= 4 is 46.1 Å². The van der Waals surface area contributed by atoms with Crippen LogP contribution >= 0.6 is 11.6 Å². The second-order valence-electron chi connectivity index (χ2n) is 9.46. The molecule has 0 radical (unpaired) electrons. The molecule has 1 saturated carbocycles. The second-order valence-corrected chi connectivity index (χ2v) is 9.87. The number of aromatic nitrogens is 1. The van der Waals surface area contributed by atoms with E-state index in [0.717, 1.165) is 12.8 Å². The second kappa shape index (κ2) is 12.0. The fraction of sp³-hybridized carbons (Fsp3) is 0.357. The molecule has 11 heteroatoms. The molecule has 39 heavy (non-hydrogen) atoms. The standard InChI is InChI=1S/C28H29ClFN3O6/c1-16(34)22-12-32(24-7-4-18(10-21(22)24)28(37)39-3)14-26(36)33(20-5-6-20)13-25(35)31-11-19-8-17(15-38-2)9-23(29)27(19)30/h4,7-10,12,20H,5-6,11,13-15H2,1-3H3,(H,31,35). The lowest BCUT2D eigenvalue weighted by molar-refractivity contribution is -0.137. The van der Waals surface area contributed by atoms with Crippen LogP contribution in [0.4, 0.5) is 4.39 Å². The van der Waals surface area contributed by atoms with Crippen molar-refractivity contribution in [2.45, 2.75) is 45.5 Å². The van der Waals surface area contributed by atoms with Crippen LogP contribution in [0, 0.1) is 5.82 Å². The zero-order valence-corrected chi connectivity index (χ0v) is 22.6. The van der Waals surface area contributed by atoms with E-state index >= 15 is 0 Å². The van der Waals surface area contributed by atoms with Gasteiger partial charge in [-0.25, -0.2) is 9.18 Å². The van der Waals surface area contributed by atoms with Gasteiger partial charge >= 0.3 is 5.97 Å². The van der Waals surface area contributed by atoms with Gasteiger partial charge in [0, 0.05) is 47.9 Å². The molecule has 1 aliphatic carbocycles. The average Bonchev–Trinajstić information content (AvgIpc) is 3.69. The first-order valence-corrected chi connectivity index (χ1v) is 12.7. The molecule has 0 atom stereocenters. The molecule has 9 nitrogen and oxygen atoms in total. The first-order valence-electron chi connectivity index (χ1n) is 12.4. The Morgan fingerprint density at radius 1 is 1.15 bits per heavy atom. The summed E-state index contributed by atoms with van der Waals surface area (Å²) in [5, 5.41) is 3.14. The van der Waals surface area contributed by atoms with E-state index in [4.69, 9.17) is 21.1 Å². The quantitative estimate of drug-likeness (QED) is 0.283. The van der Waals surface area contributed by atoms with Crippen molar-refractivity contribution in [2.24, 2.45) is 0 Å². The highest BCUT2D eigenvalue weighted by atomic mass is 35.5. The summed E-state index contributed by atoms with van der Waals surface area (Å²) in [4.78, 5) is 51.9. The topological polar surface area (TPSA) is 107 Å². The number of halogens is 2. The highest BCUT2D eigenvalue weighted by Gasteiger charge is 2.34. The minimum absolute atomic E-state index is 0.0637. The van der Waals surface area contributed by atoms with Gasteiger partial charge in [0.25, 0.3) is 0 Å². The summed E-state index contributed by atoms with van der Waals surface area (Å²) >= 11 is 5.97. The van der Waals surface area contributed by atoms with Crippen molar-refractivity contribution in [3.63, 3.8) is 0 Å². The van der Waals surface area contributed by atoms with E-state index in [-0.39, 0.29) is 54.6 Å². The Kier molecular flexibility index (Phi) is 8.66. The molecular weight excluding hydrogens is 529 g/mol. The van der Waals surface area contributed by atoms with Gasteiger partial charge in [0.1, 0.15) is 12.4 Å². The third-order valence-corrected chi connectivity index (χ3v) is 6.83. The normalized spacial score (nSPS) is 12.8. The third-order valence-electron chi connectivity index (χ3n) is 6.56. The lowest BCUT2D eigenvalue weighted by Gasteiger charge is -2.22. The Labute approximate surface area is 229 Å². The van der Waals surface area contributed by atoms with E-state index in [9.17, 15) is 23.6 Å². The Morgan fingerprint density at radius 3 is 2.54 bits per heavy atom. The van der Waals surface area contributed by atoms with E-state index in [1.54, 1.807) is 35.0 Å². The molecule has 0 saturated heterocycles. The zero-order chi connectivity index (χ0) is 28.3. The third kappa shape index (κ3) is 6.46. The number of carbonyl (C=O) groups is 4. The van der Waals surface area contributed by atoms with Crippen LogP contribution in [0.5, 0.6) is 0 Å². The molecule has 2 amide bonds. The Balaban J connectivity index is 1.48. The zero-order valence-electron chi connectivity index (χ0n) is 21.9. The Bertz CT molecular complexity index is 1450. The van der Waals surface area contributed by atoms with Gasteiger partial charge in [-0.05, 0) is 55.7 Å². The number of esters is 1. The Hall–Kier alpha value is -3.76. The average molecular weight is 558 g/mol. The molecule has 0 aliphatic heterocycles. The van der Waals surface area contributed by atoms with E-state index in [1.165, 1.54) is 32.1 Å². The van der Waals surface area contributed by atoms with Crippen LogP contribution in [0.1, 0.15) is 51.6 Å². The maximum absolute atomic E-state index is 14.5. The SMILES string of the molecule is COCc1cc(Cl)c(F)c(CNC(=O)CN(C(=O)Cn2cc(C(C)=O)c3cc(C(=O)OC)ccc32)C2CC2)c1. The lowest BCUT2D eigenvalue weighted by atomic mass is 10.1. The minimum Gasteiger partial charge on any atom is -0.465 e. The molecule has 1 N–H and O–H groups in total. The van der Waals surface area contributed by atoms with Gasteiger partial charge in [0.15, 0.2) is 5.78 Å². The van der Waals surface area contributed by atoms with Crippen LogP contribution in [0.2, 0.25) is 5.02 Å². The molecule has 3 aromatic rings. The van der Waals surface area contributed by atoms with E-state index in [1.807, 2.05) is 0 Å². The number of amides is 2. The maximum atomic E-state index is 14.5. The molecule has 1 aliphatic rings. The van der Waals surface area contributed by atoms with Crippen LogP contribution in [-0.2, 0) is 38.8 Å². The van der Waals surface area contributed by atoms with Gasteiger partial charge in [-0.1, -0.05) is 11.6 Å². The number of ether oxygens (including phenoxy) is 2. The highest BCUT2D eigenvalue weighted by Crippen LogP contribution is 2.29. The summed E-state index contributed by atoms with van der Waals surface area (Å²) in [7, 11) is 2.79. The fourth-order valence-electron chi connectivity index (χ4n) is 4.49. The van der Waals surface area contributed by atoms with Gasteiger partial charge in [0.05, 0.1) is 30.8 Å². The molecule has 206 valence electrons. The van der Waals surface area contributed by atoms with Crippen molar-refractivity contribution in [3.8, 4) is 0 Å². The van der Waals surface area contributed by atoms with Gasteiger partial charge < -0.3 is 24.3 Å². The molecule has 1 aromatic heterocycles. The predicted octanol–water partition coefficient (Wildman–Crippen LogP) is 3.88. The summed E-state index contributed by atoms with van der Waals surface area (Å²) < 4.78 is 26.0. The van der Waals surface area contributed by atoms with Gasteiger partial charge in [-0.3, -0.25) is 14.4 Å². The molecule has 1 heterocycles. The number of nitrogens with zero attached hydrogens (tertiary/aromatic N) is 2. The summed E-state index contributed by atoms with van der Waals surface area (Å²) in [5.41, 5.74) is 2.15. The number of methoxy groups -OCH3 is 2. The predicted molar refractivity (Wildman–Crippen MR) is 142 cm³/mol. The summed E-state index contributed by atoms with van der Waals surface area (Å²) in [6.45, 7) is 1.26. The Morgan fingerprint density at radius 2 is 1.90 bits per heavy atom. The maximum Gasteiger partial charge on any atom is 0.337 e. The van der Waals surface area contributed by atoms with Crippen molar-refractivity contribution < 1.29 is 33.0 Å². The van der Waals surface area contributed by atoms with Crippen molar-refractivity contribution in [1.82, 2.24) is 14.8 Å². The molecule has 2 aromatic carbocycles. The lowest BCUT2D eigenvalue weighted by Crippen LogP contribution is -2.43. The van der Waals surface area contributed by atoms with Crippen LogP contribution < -0.4 is 5.32 Å². The number of Topliss-reactive ketones (excluding diaryl/α,β-unsaturated/α-hetero) is 1. The number of benzene rings is 2. The molecule has 1 fully saturated rings. The minimum atomic E-state index is -0.622. The van der Waals surface area contributed by atoms with Gasteiger partial charge in [0.2, 0.25) is 11.8 Å². The van der Waals surface area contributed by atoms with Crippen LogP contribution in [0.3, 0.4) is 0 Å². The van der Waals surface area contributed by atoms with Crippen molar-refractivity contribution in [3.05, 3.63) is 69.6 Å². The molecule has 0 bridgehead atoms. The van der Waals surface area contributed by atoms with E-state index in [2.05, 4.69) is 5.32 Å². The molecular formula is C28H29ClFN3O6. The van der Waals surface area contributed by atoms with Gasteiger partial charge in [-0.15, -0.1) is 0 Å². The highest BCUT2D eigenvalue weighted by molar-refractivity contribution is 6.30. The summed E-state index contributed by atoms with van der Waals surface area (Å²) in [6, 6.07) is 7.77. The monoisotopic (exact) mass is 557 g/mol.